The standard InChI is InChI=1S/C13H13N3O2/c1-10-7-8-12(16(17)18)13(15-10)14-9-11-5-3-2-4-6-11/h2-8H,9H2,1H3,(H,14,15). The third-order valence-electron chi connectivity index (χ3n) is 2.51. The van der Waals surface area contributed by atoms with Crippen LogP contribution in [0.5, 0.6) is 0 Å². The molecule has 0 fully saturated rings. The van der Waals surface area contributed by atoms with Crippen LogP contribution in [0.1, 0.15) is 11.3 Å². The van der Waals surface area contributed by atoms with Crippen molar-refractivity contribution >= 4 is 11.5 Å². The van der Waals surface area contributed by atoms with Gasteiger partial charge in [-0.3, -0.25) is 10.1 Å². The van der Waals surface area contributed by atoms with Gasteiger partial charge in [-0.05, 0) is 18.6 Å². The maximum Gasteiger partial charge on any atom is 0.311 e. The molecular weight excluding hydrogens is 230 g/mol. The van der Waals surface area contributed by atoms with Gasteiger partial charge < -0.3 is 5.32 Å². The lowest BCUT2D eigenvalue weighted by Gasteiger charge is -2.06. The summed E-state index contributed by atoms with van der Waals surface area (Å²) in [5.41, 5.74) is 1.79. The zero-order valence-electron chi connectivity index (χ0n) is 9.96. The van der Waals surface area contributed by atoms with E-state index in [1.165, 1.54) is 6.07 Å². The SMILES string of the molecule is Cc1ccc([N+](=O)[O-])c(NCc2ccccc2)n1. The number of anilines is 1. The van der Waals surface area contributed by atoms with Crippen molar-refractivity contribution in [3.05, 3.63) is 63.8 Å². The van der Waals surface area contributed by atoms with Crippen LogP contribution < -0.4 is 5.32 Å². The first-order valence-electron chi connectivity index (χ1n) is 5.56. The zero-order chi connectivity index (χ0) is 13.0. The summed E-state index contributed by atoms with van der Waals surface area (Å²) in [4.78, 5) is 14.6. The van der Waals surface area contributed by atoms with Crippen LogP contribution in [-0.2, 0) is 6.54 Å². The van der Waals surface area contributed by atoms with Gasteiger partial charge in [0.15, 0.2) is 0 Å². The number of nitrogens with zero attached hydrogens (tertiary/aromatic N) is 2. The smallest absolute Gasteiger partial charge is 0.311 e. The van der Waals surface area contributed by atoms with E-state index < -0.39 is 4.92 Å². The maximum atomic E-state index is 10.9. The number of aromatic nitrogens is 1. The van der Waals surface area contributed by atoms with Crippen molar-refractivity contribution in [3.63, 3.8) is 0 Å². The number of nitro groups is 1. The number of benzene rings is 1. The minimum atomic E-state index is -0.431. The number of hydrogen-bond donors (Lipinski definition) is 1. The highest BCUT2D eigenvalue weighted by atomic mass is 16.6. The molecular formula is C13H13N3O2. The van der Waals surface area contributed by atoms with Crippen LogP contribution >= 0.6 is 0 Å². The largest absolute Gasteiger partial charge is 0.360 e. The molecule has 0 aliphatic heterocycles. The molecule has 18 heavy (non-hydrogen) atoms. The highest BCUT2D eigenvalue weighted by Gasteiger charge is 2.14. The molecule has 0 atom stereocenters. The molecule has 0 aliphatic rings. The summed E-state index contributed by atoms with van der Waals surface area (Å²) < 4.78 is 0. The molecule has 2 rings (SSSR count). The van der Waals surface area contributed by atoms with Gasteiger partial charge in [0.2, 0.25) is 5.82 Å². The molecule has 0 amide bonds. The summed E-state index contributed by atoms with van der Waals surface area (Å²) >= 11 is 0. The van der Waals surface area contributed by atoms with Crippen LogP contribution in [0.25, 0.3) is 0 Å². The summed E-state index contributed by atoms with van der Waals surface area (Å²) in [5, 5.41) is 13.9. The Hall–Kier alpha value is -2.43. The fourth-order valence-electron chi connectivity index (χ4n) is 1.61. The second kappa shape index (κ2) is 5.27. The monoisotopic (exact) mass is 243 g/mol. The van der Waals surface area contributed by atoms with E-state index in [0.717, 1.165) is 11.3 Å². The highest BCUT2D eigenvalue weighted by Crippen LogP contribution is 2.22. The Morgan fingerprint density at radius 2 is 1.94 bits per heavy atom. The van der Waals surface area contributed by atoms with E-state index in [2.05, 4.69) is 10.3 Å². The van der Waals surface area contributed by atoms with Gasteiger partial charge in [0.05, 0.1) is 4.92 Å². The molecule has 5 nitrogen and oxygen atoms in total. The van der Waals surface area contributed by atoms with Crippen molar-refractivity contribution in [1.82, 2.24) is 4.98 Å². The van der Waals surface area contributed by atoms with Crippen molar-refractivity contribution < 1.29 is 4.92 Å². The highest BCUT2D eigenvalue weighted by molar-refractivity contribution is 5.56. The minimum absolute atomic E-state index is 0.00321. The summed E-state index contributed by atoms with van der Waals surface area (Å²) in [5.74, 6) is 0.309. The van der Waals surface area contributed by atoms with Gasteiger partial charge >= 0.3 is 5.69 Å². The lowest BCUT2D eigenvalue weighted by atomic mass is 10.2. The predicted octanol–water partition coefficient (Wildman–Crippen LogP) is 2.91. The van der Waals surface area contributed by atoms with E-state index in [1.807, 2.05) is 30.3 Å². The van der Waals surface area contributed by atoms with E-state index in [1.54, 1.807) is 13.0 Å². The van der Waals surface area contributed by atoms with Gasteiger partial charge in [0, 0.05) is 18.3 Å². The van der Waals surface area contributed by atoms with E-state index in [-0.39, 0.29) is 5.69 Å². The minimum Gasteiger partial charge on any atom is -0.360 e. The Kier molecular flexibility index (Phi) is 3.52. The number of nitrogens with one attached hydrogen (secondary N) is 1. The maximum absolute atomic E-state index is 10.9. The Morgan fingerprint density at radius 3 is 2.61 bits per heavy atom. The Balaban J connectivity index is 2.18. The molecule has 0 spiro atoms. The second-order valence-electron chi connectivity index (χ2n) is 3.92. The van der Waals surface area contributed by atoms with Gasteiger partial charge in [-0.25, -0.2) is 4.98 Å². The molecule has 1 aromatic carbocycles. The lowest BCUT2D eigenvalue weighted by molar-refractivity contribution is -0.384. The molecule has 0 aliphatic carbocycles. The van der Waals surface area contributed by atoms with Crippen LogP contribution in [-0.4, -0.2) is 9.91 Å². The fourth-order valence-corrected chi connectivity index (χ4v) is 1.61. The van der Waals surface area contributed by atoms with Gasteiger partial charge in [0.25, 0.3) is 0 Å². The van der Waals surface area contributed by atoms with Crippen LogP contribution in [0, 0.1) is 17.0 Å². The van der Waals surface area contributed by atoms with Gasteiger partial charge in [-0.1, -0.05) is 30.3 Å². The summed E-state index contributed by atoms with van der Waals surface area (Å²) in [6.45, 7) is 2.32. The number of hydrogen-bond acceptors (Lipinski definition) is 4. The third kappa shape index (κ3) is 2.82. The molecule has 5 heteroatoms. The molecule has 0 unspecified atom stereocenters. The summed E-state index contributed by atoms with van der Waals surface area (Å²) in [7, 11) is 0. The van der Waals surface area contributed by atoms with E-state index in [9.17, 15) is 10.1 Å². The van der Waals surface area contributed by atoms with Crippen molar-refractivity contribution in [2.45, 2.75) is 13.5 Å². The molecule has 0 saturated carbocycles. The van der Waals surface area contributed by atoms with Gasteiger partial charge in [-0.2, -0.15) is 0 Å². The quantitative estimate of drug-likeness (QED) is 0.662. The van der Waals surface area contributed by atoms with E-state index in [0.29, 0.717) is 12.4 Å². The predicted molar refractivity (Wildman–Crippen MR) is 69.4 cm³/mol. The van der Waals surface area contributed by atoms with Crippen LogP contribution in [0.3, 0.4) is 0 Å². The van der Waals surface area contributed by atoms with Crippen molar-refractivity contribution in [1.29, 1.82) is 0 Å². The first-order chi connectivity index (χ1) is 8.66. The van der Waals surface area contributed by atoms with Crippen LogP contribution in [0.15, 0.2) is 42.5 Å². The Morgan fingerprint density at radius 1 is 1.22 bits per heavy atom. The molecule has 0 saturated heterocycles. The molecule has 2 aromatic rings. The zero-order valence-corrected chi connectivity index (χ0v) is 9.96. The average Bonchev–Trinajstić information content (AvgIpc) is 2.37. The normalized spacial score (nSPS) is 10.1. The number of pyridine rings is 1. The molecule has 1 N–H and O–H groups in total. The van der Waals surface area contributed by atoms with Crippen molar-refractivity contribution in [2.24, 2.45) is 0 Å². The molecule has 0 bridgehead atoms. The van der Waals surface area contributed by atoms with Crippen LogP contribution in [0.2, 0.25) is 0 Å². The fraction of sp³-hybridized carbons (Fsp3) is 0.154. The Labute approximate surface area is 105 Å². The summed E-state index contributed by atoms with van der Waals surface area (Å²) in [6, 6.07) is 12.8. The van der Waals surface area contributed by atoms with Crippen molar-refractivity contribution in [3.8, 4) is 0 Å². The molecule has 0 radical (unpaired) electrons. The third-order valence-corrected chi connectivity index (χ3v) is 2.51. The van der Waals surface area contributed by atoms with Gasteiger partial charge in [-0.15, -0.1) is 0 Å². The van der Waals surface area contributed by atoms with E-state index >= 15 is 0 Å². The average molecular weight is 243 g/mol. The topological polar surface area (TPSA) is 68.1 Å². The number of rotatable bonds is 4. The van der Waals surface area contributed by atoms with Gasteiger partial charge in [0.1, 0.15) is 0 Å². The van der Waals surface area contributed by atoms with E-state index in [4.69, 9.17) is 0 Å². The Bertz CT molecular complexity index is 555. The molecule has 1 heterocycles. The summed E-state index contributed by atoms with van der Waals surface area (Å²) in [6.07, 6.45) is 0. The first-order valence-corrected chi connectivity index (χ1v) is 5.56. The van der Waals surface area contributed by atoms with Crippen LogP contribution in [0.4, 0.5) is 11.5 Å². The second-order valence-corrected chi connectivity index (χ2v) is 3.92. The first kappa shape index (κ1) is 12.0. The molecule has 1 aromatic heterocycles. The lowest BCUT2D eigenvalue weighted by Crippen LogP contribution is -2.05. The molecule has 92 valence electrons. The van der Waals surface area contributed by atoms with Crippen molar-refractivity contribution in [2.75, 3.05) is 5.32 Å². The number of aryl methyl sites for hydroxylation is 1.